The van der Waals surface area contributed by atoms with E-state index in [9.17, 15) is 9.18 Å². The number of carbonyl (C=O) groups is 1. The van der Waals surface area contributed by atoms with Crippen LogP contribution in [0.3, 0.4) is 0 Å². The summed E-state index contributed by atoms with van der Waals surface area (Å²) >= 11 is 6.41. The first-order valence-electron chi connectivity index (χ1n) is 9.27. The number of anilines is 1. The Hall–Kier alpha value is -4.04. The molecule has 0 bridgehead atoms. The van der Waals surface area contributed by atoms with E-state index in [4.69, 9.17) is 11.6 Å². The highest BCUT2D eigenvalue weighted by molar-refractivity contribution is 6.34. The lowest BCUT2D eigenvalue weighted by Gasteiger charge is -2.09. The number of H-pyrrole nitrogens is 1. The lowest BCUT2D eigenvalue weighted by molar-refractivity contribution is 0.102. The van der Waals surface area contributed by atoms with E-state index in [-0.39, 0.29) is 16.4 Å². The Labute approximate surface area is 180 Å². The molecule has 5 aromatic rings. The molecule has 0 unspecified atom stereocenters. The summed E-state index contributed by atoms with van der Waals surface area (Å²) in [6.07, 6.45) is 8.32. The number of halogens is 2. The van der Waals surface area contributed by atoms with Crippen LogP contribution in [0.15, 0.2) is 73.4 Å². The molecule has 0 atom stereocenters. The molecule has 2 N–H and O–H groups in total. The SMILES string of the molecule is O=C(Nc1ccc(F)cn1)c1ccc(-c2cnc3ccc(-c4cn[nH]c4)cn23)cc1Cl. The Morgan fingerprint density at radius 3 is 2.61 bits per heavy atom. The van der Waals surface area contributed by atoms with Crippen molar-refractivity contribution in [1.29, 1.82) is 0 Å². The third-order valence-corrected chi connectivity index (χ3v) is 5.13. The summed E-state index contributed by atoms with van der Waals surface area (Å²) in [5.41, 5.74) is 4.63. The van der Waals surface area contributed by atoms with Crippen LogP contribution >= 0.6 is 11.6 Å². The molecular formula is C22H14ClFN6O. The van der Waals surface area contributed by atoms with Crippen LogP contribution in [0.1, 0.15) is 10.4 Å². The summed E-state index contributed by atoms with van der Waals surface area (Å²) in [6, 6.07) is 11.6. The highest BCUT2D eigenvalue weighted by Gasteiger charge is 2.14. The van der Waals surface area contributed by atoms with E-state index >= 15 is 0 Å². The van der Waals surface area contributed by atoms with E-state index in [1.807, 2.05) is 28.9 Å². The maximum absolute atomic E-state index is 13.0. The van der Waals surface area contributed by atoms with Crippen LogP contribution in [-0.4, -0.2) is 30.5 Å². The maximum Gasteiger partial charge on any atom is 0.258 e. The minimum atomic E-state index is -0.482. The van der Waals surface area contributed by atoms with Gasteiger partial charge in [0.2, 0.25) is 0 Å². The second-order valence-electron chi connectivity index (χ2n) is 6.79. The molecule has 0 saturated carbocycles. The molecule has 1 aromatic carbocycles. The number of hydrogen-bond donors (Lipinski definition) is 2. The quantitative estimate of drug-likeness (QED) is 0.425. The molecule has 0 fully saturated rings. The molecule has 0 spiro atoms. The van der Waals surface area contributed by atoms with Crippen LogP contribution in [0, 0.1) is 5.82 Å². The number of rotatable bonds is 4. The van der Waals surface area contributed by atoms with Crippen molar-refractivity contribution in [3.05, 3.63) is 89.9 Å². The molecule has 0 radical (unpaired) electrons. The van der Waals surface area contributed by atoms with Crippen molar-refractivity contribution in [3.8, 4) is 22.4 Å². The minimum absolute atomic E-state index is 0.236. The molecule has 9 heteroatoms. The first kappa shape index (κ1) is 19.0. The molecule has 0 aliphatic carbocycles. The zero-order valence-corrected chi connectivity index (χ0v) is 16.6. The molecule has 152 valence electrons. The Morgan fingerprint density at radius 2 is 1.87 bits per heavy atom. The second kappa shape index (κ2) is 7.66. The molecule has 1 amide bonds. The van der Waals surface area contributed by atoms with Gasteiger partial charge < -0.3 is 5.32 Å². The maximum atomic E-state index is 13.0. The fourth-order valence-electron chi connectivity index (χ4n) is 3.27. The molecule has 5 rings (SSSR count). The van der Waals surface area contributed by atoms with Crippen LogP contribution in [0.25, 0.3) is 28.0 Å². The van der Waals surface area contributed by atoms with Crippen molar-refractivity contribution < 1.29 is 9.18 Å². The van der Waals surface area contributed by atoms with E-state index < -0.39 is 11.7 Å². The van der Waals surface area contributed by atoms with Crippen LogP contribution in [0.4, 0.5) is 10.2 Å². The number of benzene rings is 1. The standard InChI is InChI=1S/C22H14ClFN6O/c23-18-7-13(1-4-17(18)22(31)29-20-5-3-16(24)10-25-20)19-11-26-21-6-2-14(12-30(19)21)15-8-27-28-9-15/h1-12H,(H,27,28)(H,25,29,31). The minimum Gasteiger partial charge on any atom is -0.307 e. The summed E-state index contributed by atoms with van der Waals surface area (Å²) < 4.78 is 15.0. The molecular weight excluding hydrogens is 419 g/mol. The van der Waals surface area contributed by atoms with Gasteiger partial charge in [0.25, 0.3) is 5.91 Å². The van der Waals surface area contributed by atoms with Crippen LogP contribution in [-0.2, 0) is 0 Å². The highest BCUT2D eigenvalue weighted by Crippen LogP contribution is 2.28. The molecule has 0 aliphatic heterocycles. The van der Waals surface area contributed by atoms with Gasteiger partial charge in [0.1, 0.15) is 17.3 Å². The van der Waals surface area contributed by atoms with E-state index in [0.29, 0.717) is 0 Å². The lowest BCUT2D eigenvalue weighted by Crippen LogP contribution is -2.13. The number of nitrogens with one attached hydrogen (secondary N) is 2. The third kappa shape index (κ3) is 3.64. The topological polar surface area (TPSA) is 88.0 Å². The van der Waals surface area contributed by atoms with Gasteiger partial charge >= 0.3 is 0 Å². The van der Waals surface area contributed by atoms with E-state index in [1.54, 1.807) is 30.6 Å². The summed E-state index contributed by atoms with van der Waals surface area (Å²) in [7, 11) is 0. The number of nitrogens with zero attached hydrogens (tertiary/aromatic N) is 4. The summed E-state index contributed by atoms with van der Waals surface area (Å²) in [5, 5.41) is 9.68. The smallest absolute Gasteiger partial charge is 0.258 e. The predicted molar refractivity (Wildman–Crippen MR) is 115 cm³/mol. The Morgan fingerprint density at radius 1 is 1.00 bits per heavy atom. The monoisotopic (exact) mass is 432 g/mol. The van der Waals surface area contributed by atoms with Gasteiger partial charge in [0, 0.05) is 29.1 Å². The number of pyridine rings is 2. The summed E-state index contributed by atoms with van der Waals surface area (Å²) in [6.45, 7) is 0. The first-order valence-corrected chi connectivity index (χ1v) is 9.65. The number of carbonyl (C=O) groups excluding carboxylic acids is 1. The van der Waals surface area contributed by atoms with Crippen molar-refractivity contribution in [3.63, 3.8) is 0 Å². The van der Waals surface area contributed by atoms with Crippen molar-refractivity contribution >= 4 is 29.0 Å². The number of amides is 1. The fourth-order valence-corrected chi connectivity index (χ4v) is 3.53. The first-order chi connectivity index (χ1) is 15.1. The predicted octanol–water partition coefficient (Wildman–Crippen LogP) is 4.83. The van der Waals surface area contributed by atoms with Crippen molar-refractivity contribution in [2.24, 2.45) is 0 Å². The van der Waals surface area contributed by atoms with E-state index in [2.05, 4.69) is 25.5 Å². The van der Waals surface area contributed by atoms with Gasteiger partial charge in [-0.3, -0.25) is 14.3 Å². The van der Waals surface area contributed by atoms with E-state index in [1.165, 1.54) is 12.1 Å². The highest BCUT2D eigenvalue weighted by atomic mass is 35.5. The Bertz CT molecular complexity index is 1400. The zero-order chi connectivity index (χ0) is 21.4. The second-order valence-corrected chi connectivity index (χ2v) is 7.19. The van der Waals surface area contributed by atoms with Gasteiger partial charge in [0.05, 0.1) is 34.9 Å². The van der Waals surface area contributed by atoms with Gasteiger partial charge in [-0.05, 0) is 36.4 Å². The Balaban J connectivity index is 1.47. The van der Waals surface area contributed by atoms with E-state index in [0.717, 1.165) is 34.2 Å². The lowest BCUT2D eigenvalue weighted by atomic mass is 10.1. The molecule has 31 heavy (non-hydrogen) atoms. The number of imidazole rings is 1. The number of aromatic nitrogens is 5. The molecule has 7 nitrogen and oxygen atoms in total. The molecule has 0 saturated heterocycles. The summed E-state index contributed by atoms with van der Waals surface area (Å²) in [4.78, 5) is 20.8. The number of aromatic amines is 1. The largest absolute Gasteiger partial charge is 0.307 e. The fraction of sp³-hybridized carbons (Fsp3) is 0. The normalized spacial score (nSPS) is 11.0. The average molecular weight is 433 g/mol. The van der Waals surface area contributed by atoms with Crippen molar-refractivity contribution in [2.45, 2.75) is 0 Å². The van der Waals surface area contributed by atoms with Crippen LogP contribution in [0.5, 0.6) is 0 Å². The average Bonchev–Trinajstić information content (AvgIpc) is 3.45. The molecule has 4 heterocycles. The zero-order valence-electron chi connectivity index (χ0n) is 15.9. The van der Waals surface area contributed by atoms with Crippen LogP contribution in [0.2, 0.25) is 5.02 Å². The summed E-state index contributed by atoms with van der Waals surface area (Å²) in [5.74, 6) is -0.680. The van der Waals surface area contributed by atoms with Crippen molar-refractivity contribution in [1.82, 2.24) is 24.6 Å². The van der Waals surface area contributed by atoms with Gasteiger partial charge in [-0.15, -0.1) is 0 Å². The number of fused-ring (bicyclic) bond motifs is 1. The molecule has 4 aromatic heterocycles. The van der Waals surface area contributed by atoms with Gasteiger partial charge in [-0.25, -0.2) is 14.4 Å². The van der Waals surface area contributed by atoms with Crippen molar-refractivity contribution in [2.75, 3.05) is 5.32 Å². The number of hydrogen-bond acceptors (Lipinski definition) is 4. The third-order valence-electron chi connectivity index (χ3n) is 4.82. The van der Waals surface area contributed by atoms with Gasteiger partial charge in [0.15, 0.2) is 0 Å². The Kier molecular flexibility index (Phi) is 4.68. The molecule has 0 aliphatic rings. The van der Waals surface area contributed by atoms with Gasteiger partial charge in [-0.1, -0.05) is 17.7 Å². The van der Waals surface area contributed by atoms with Gasteiger partial charge in [-0.2, -0.15) is 5.10 Å². The van der Waals surface area contributed by atoms with Crippen LogP contribution < -0.4 is 5.32 Å².